The molecule has 0 spiro atoms. The molecule has 2 amide bonds. The summed E-state index contributed by atoms with van der Waals surface area (Å²) in [5, 5.41) is 5.03. The molecule has 33 heavy (non-hydrogen) atoms. The molecule has 11 heteroatoms. The molecule has 1 fully saturated rings. The predicted octanol–water partition coefficient (Wildman–Crippen LogP) is 2.79. The first-order chi connectivity index (χ1) is 15.7. The molecule has 1 unspecified atom stereocenters. The molecule has 2 N–H and O–H groups in total. The topological polar surface area (TPSA) is 114 Å². The minimum absolute atomic E-state index is 0.00133. The summed E-state index contributed by atoms with van der Waals surface area (Å²) in [6.07, 6.45) is 0. The Hall–Kier alpha value is -2.60. The van der Waals surface area contributed by atoms with Crippen LogP contribution in [0.15, 0.2) is 52.3 Å². The number of ether oxygens (including phenoxy) is 2. The Balaban J connectivity index is 1.71. The first-order valence-corrected chi connectivity index (χ1v) is 12.6. The molecule has 0 bridgehead atoms. The van der Waals surface area contributed by atoms with Crippen LogP contribution in [0.1, 0.15) is 13.8 Å². The second-order valence-corrected chi connectivity index (χ2v) is 10.7. The zero-order valence-corrected chi connectivity index (χ0v) is 20.3. The van der Waals surface area contributed by atoms with Gasteiger partial charge >= 0.3 is 0 Å². The van der Waals surface area contributed by atoms with Gasteiger partial charge in [0.2, 0.25) is 21.8 Å². The van der Waals surface area contributed by atoms with E-state index in [1.54, 1.807) is 25.1 Å². The van der Waals surface area contributed by atoms with Gasteiger partial charge in [0.1, 0.15) is 10.6 Å². The molecule has 1 atom stereocenters. The van der Waals surface area contributed by atoms with E-state index >= 15 is 0 Å². The van der Waals surface area contributed by atoms with Crippen LogP contribution in [0.4, 0.5) is 11.4 Å². The highest BCUT2D eigenvalue weighted by Gasteiger charge is 2.30. The largest absolute Gasteiger partial charge is 0.495 e. The number of carbonyl (C=O) groups excluding carboxylic acids is 2. The Morgan fingerprint density at radius 3 is 2.30 bits per heavy atom. The smallest absolute Gasteiger partial charge is 0.246 e. The Bertz CT molecular complexity index is 1100. The highest BCUT2D eigenvalue weighted by Crippen LogP contribution is 2.31. The first kappa shape index (κ1) is 25.0. The quantitative estimate of drug-likeness (QED) is 0.544. The highest BCUT2D eigenvalue weighted by atomic mass is 32.2. The van der Waals surface area contributed by atoms with Crippen molar-refractivity contribution in [3.05, 3.63) is 42.5 Å². The lowest BCUT2D eigenvalue weighted by Gasteiger charge is -2.27. The van der Waals surface area contributed by atoms with E-state index in [9.17, 15) is 18.0 Å². The monoisotopic (exact) mass is 493 g/mol. The lowest BCUT2D eigenvalue weighted by atomic mass is 10.3. The van der Waals surface area contributed by atoms with Crippen molar-refractivity contribution in [1.82, 2.24) is 4.31 Å². The summed E-state index contributed by atoms with van der Waals surface area (Å²) in [6.45, 7) is 4.38. The van der Waals surface area contributed by atoms with Crippen LogP contribution in [0.2, 0.25) is 0 Å². The first-order valence-electron chi connectivity index (χ1n) is 10.3. The van der Waals surface area contributed by atoms with Gasteiger partial charge in [0, 0.05) is 36.3 Å². The van der Waals surface area contributed by atoms with E-state index in [1.165, 1.54) is 42.2 Å². The SMILES string of the molecule is COc1ccc(NC(=O)C(C)Sc2ccc(NC(C)=O)cc2)cc1S(=O)(=O)N1CCOCC1. The number of anilines is 2. The molecule has 2 aromatic carbocycles. The number of amides is 2. The number of nitrogens with zero attached hydrogens (tertiary/aromatic N) is 1. The Labute approximate surface area is 197 Å². The molecular formula is C22H27N3O6S2. The van der Waals surface area contributed by atoms with E-state index in [4.69, 9.17) is 9.47 Å². The van der Waals surface area contributed by atoms with E-state index < -0.39 is 15.3 Å². The highest BCUT2D eigenvalue weighted by molar-refractivity contribution is 8.00. The minimum atomic E-state index is -3.80. The standard InChI is InChI=1S/C22H27N3O6S2/c1-15(32-19-7-4-17(5-8-19)23-16(2)26)22(27)24-18-6-9-20(30-3)21(14-18)33(28,29)25-10-12-31-13-11-25/h4-9,14-15H,10-13H2,1-3H3,(H,23,26)(H,24,27). The third-order valence-corrected chi connectivity index (χ3v) is 7.91. The summed E-state index contributed by atoms with van der Waals surface area (Å²) in [7, 11) is -2.40. The third kappa shape index (κ3) is 6.47. The molecule has 178 valence electrons. The van der Waals surface area contributed by atoms with Crippen LogP contribution in [-0.2, 0) is 24.3 Å². The van der Waals surface area contributed by atoms with Crippen LogP contribution in [0.3, 0.4) is 0 Å². The number of thioether (sulfide) groups is 1. The van der Waals surface area contributed by atoms with E-state index in [-0.39, 0.29) is 35.5 Å². The molecule has 1 aliphatic heterocycles. The number of methoxy groups -OCH3 is 1. The van der Waals surface area contributed by atoms with E-state index in [2.05, 4.69) is 10.6 Å². The number of rotatable bonds is 8. The lowest BCUT2D eigenvalue weighted by molar-refractivity contribution is -0.115. The number of benzene rings is 2. The van der Waals surface area contributed by atoms with Crippen LogP contribution in [0.5, 0.6) is 5.75 Å². The molecule has 0 saturated carbocycles. The van der Waals surface area contributed by atoms with Gasteiger partial charge in [-0.1, -0.05) is 0 Å². The number of morpholine rings is 1. The Morgan fingerprint density at radius 1 is 1.06 bits per heavy atom. The molecule has 0 aromatic heterocycles. The summed E-state index contributed by atoms with van der Waals surface area (Å²) in [5.41, 5.74) is 1.04. The predicted molar refractivity (Wildman–Crippen MR) is 127 cm³/mol. The molecule has 3 rings (SSSR count). The van der Waals surface area contributed by atoms with Crippen molar-refractivity contribution in [2.75, 3.05) is 44.0 Å². The molecule has 1 heterocycles. The van der Waals surface area contributed by atoms with Crippen molar-refractivity contribution in [2.45, 2.75) is 28.9 Å². The second kappa shape index (κ2) is 11.0. The number of carbonyl (C=O) groups is 2. The van der Waals surface area contributed by atoms with E-state index in [1.807, 2.05) is 12.1 Å². The summed E-state index contributed by atoms with van der Waals surface area (Å²) in [5.74, 6) is -0.218. The maximum absolute atomic E-state index is 13.1. The minimum Gasteiger partial charge on any atom is -0.495 e. The van der Waals surface area contributed by atoms with Crippen LogP contribution in [-0.4, -0.2) is 63.2 Å². The normalized spacial score (nSPS) is 15.5. The van der Waals surface area contributed by atoms with Gasteiger partial charge in [0.15, 0.2) is 0 Å². The van der Waals surface area contributed by atoms with Gasteiger partial charge in [-0.15, -0.1) is 11.8 Å². The molecule has 0 aliphatic carbocycles. The lowest BCUT2D eigenvalue weighted by Crippen LogP contribution is -2.40. The van der Waals surface area contributed by atoms with Gasteiger partial charge in [0.25, 0.3) is 0 Å². The Morgan fingerprint density at radius 2 is 1.70 bits per heavy atom. The van der Waals surface area contributed by atoms with Crippen LogP contribution < -0.4 is 15.4 Å². The van der Waals surface area contributed by atoms with Gasteiger partial charge in [0.05, 0.1) is 25.6 Å². The van der Waals surface area contributed by atoms with Crippen molar-refractivity contribution < 1.29 is 27.5 Å². The van der Waals surface area contributed by atoms with Crippen molar-refractivity contribution in [3.63, 3.8) is 0 Å². The van der Waals surface area contributed by atoms with Crippen molar-refractivity contribution in [3.8, 4) is 5.75 Å². The molecule has 9 nitrogen and oxygen atoms in total. The summed E-state index contributed by atoms with van der Waals surface area (Å²) < 4.78 is 38.1. The van der Waals surface area contributed by atoms with E-state index in [0.29, 0.717) is 24.6 Å². The average molecular weight is 494 g/mol. The average Bonchev–Trinajstić information content (AvgIpc) is 2.80. The third-order valence-electron chi connectivity index (χ3n) is 4.88. The van der Waals surface area contributed by atoms with Crippen molar-refractivity contribution in [2.24, 2.45) is 0 Å². The number of sulfonamides is 1. The molecule has 1 saturated heterocycles. The van der Waals surface area contributed by atoms with Crippen LogP contribution in [0.25, 0.3) is 0 Å². The summed E-state index contributed by atoms with van der Waals surface area (Å²) in [6, 6.07) is 11.7. The summed E-state index contributed by atoms with van der Waals surface area (Å²) in [4.78, 5) is 24.7. The number of nitrogens with one attached hydrogen (secondary N) is 2. The molecule has 2 aromatic rings. The molecule has 1 aliphatic rings. The summed E-state index contributed by atoms with van der Waals surface area (Å²) >= 11 is 1.35. The van der Waals surface area contributed by atoms with Crippen molar-refractivity contribution in [1.29, 1.82) is 0 Å². The van der Waals surface area contributed by atoms with E-state index in [0.717, 1.165) is 4.90 Å². The number of hydrogen-bond donors (Lipinski definition) is 2. The van der Waals surface area contributed by atoms with Gasteiger partial charge in [-0.05, 0) is 49.4 Å². The Kier molecular flexibility index (Phi) is 8.35. The molecular weight excluding hydrogens is 466 g/mol. The molecule has 0 radical (unpaired) electrons. The second-order valence-electron chi connectivity index (χ2n) is 7.34. The van der Waals surface area contributed by atoms with Gasteiger partial charge in [-0.25, -0.2) is 8.42 Å². The van der Waals surface area contributed by atoms with Crippen LogP contribution in [0, 0.1) is 0 Å². The fourth-order valence-electron chi connectivity index (χ4n) is 3.20. The number of hydrogen-bond acceptors (Lipinski definition) is 7. The van der Waals surface area contributed by atoms with Crippen LogP contribution >= 0.6 is 11.8 Å². The van der Waals surface area contributed by atoms with Gasteiger partial charge in [-0.3, -0.25) is 9.59 Å². The van der Waals surface area contributed by atoms with Gasteiger partial charge < -0.3 is 20.1 Å². The zero-order chi connectivity index (χ0) is 24.0. The maximum Gasteiger partial charge on any atom is 0.246 e. The van der Waals surface area contributed by atoms with Crippen molar-refractivity contribution >= 4 is 45.0 Å². The zero-order valence-electron chi connectivity index (χ0n) is 18.7. The fraction of sp³-hybridized carbons (Fsp3) is 0.364. The fourth-order valence-corrected chi connectivity index (χ4v) is 5.66. The van der Waals surface area contributed by atoms with Gasteiger partial charge in [-0.2, -0.15) is 4.31 Å². The maximum atomic E-state index is 13.1.